The number of anilines is 2. The summed E-state index contributed by atoms with van der Waals surface area (Å²) in [6.45, 7) is 0.961. The van der Waals surface area contributed by atoms with Gasteiger partial charge in [-0.2, -0.15) is 4.98 Å². The molecule has 2 aromatic rings. The van der Waals surface area contributed by atoms with Gasteiger partial charge in [-0.3, -0.25) is 10.1 Å². The first kappa shape index (κ1) is 17.3. The number of hydrogen-bond acceptors (Lipinski definition) is 8. The molecule has 0 bridgehead atoms. The molecule has 2 heterocycles. The van der Waals surface area contributed by atoms with Gasteiger partial charge < -0.3 is 19.5 Å². The third-order valence-corrected chi connectivity index (χ3v) is 4.61. The Kier molecular flexibility index (Phi) is 4.91. The van der Waals surface area contributed by atoms with Crippen LogP contribution in [0.5, 0.6) is 17.4 Å². The van der Waals surface area contributed by atoms with Crippen molar-refractivity contribution in [3.63, 3.8) is 0 Å². The highest BCUT2D eigenvalue weighted by Gasteiger charge is 2.28. The van der Waals surface area contributed by atoms with Crippen LogP contribution in [0.15, 0.2) is 24.5 Å². The van der Waals surface area contributed by atoms with Crippen LogP contribution in [-0.2, 0) is 0 Å². The van der Waals surface area contributed by atoms with E-state index in [2.05, 4.69) is 15.3 Å². The molecular weight excluding hydrogens is 352 g/mol. The lowest BCUT2D eigenvalue weighted by Gasteiger charge is -2.22. The number of hydrogen-bond donors (Lipinski definition) is 1. The summed E-state index contributed by atoms with van der Waals surface area (Å²) in [5.41, 5.74) is 0.336. The van der Waals surface area contributed by atoms with Crippen LogP contribution in [-0.4, -0.2) is 34.2 Å². The largest absolute Gasteiger partial charge is 0.486 e. The number of aromatic nitrogens is 2. The second-order valence-corrected chi connectivity index (χ2v) is 6.49. The van der Waals surface area contributed by atoms with E-state index in [0.717, 1.165) is 25.7 Å². The molecule has 0 saturated heterocycles. The number of rotatable bonds is 5. The fraction of sp³-hybridized carbons (Fsp3) is 0.444. The third-order valence-electron chi connectivity index (χ3n) is 4.61. The standard InChI is InChI=1S/C18H20N4O5/c23-22(24)16-17(19-11-20-18(16)27-13-4-2-1-3-5-13)21-12-6-7-14-15(10-12)26-9-8-25-14/h6-7,10-11,13H,1-5,8-9H2,(H,19,20,21). The zero-order valence-electron chi connectivity index (χ0n) is 14.7. The molecule has 1 aromatic carbocycles. The zero-order valence-corrected chi connectivity index (χ0v) is 14.7. The molecule has 1 N–H and O–H groups in total. The Labute approximate surface area is 155 Å². The summed E-state index contributed by atoms with van der Waals surface area (Å²) in [5, 5.41) is 14.6. The molecule has 4 rings (SSSR count). The van der Waals surface area contributed by atoms with Crippen LogP contribution in [0.1, 0.15) is 32.1 Å². The van der Waals surface area contributed by atoms with Gasteiger partial charge in [0.15, 0.2) is 11.5 Å². The summed E-state index contributed by atoms with van der Waals surface area (Å²) in [4.78, 5) is 19.2. The molecule has 1 aromatic heterocycles. The Hall–Kier alpha value is -3.10. The van der Waals surface area contributed by atoms with E-state index in [1.807, 2.05) is 0 Å². The molecule has 9 heteroatoms. The molecule has 0 spiro atoms. The quantitative estimate of drug-likeness (QED) is 0.626. The van der Waals surface area contributed by atoms with Crippen molar-refractivity contribution in [2.24, 2.45) is 0 Å². The predicted octanol–water partition coefficient (Wildman–Crippen LogP) is 3.61. The zero-order chi connectivity index (χ0) is 18.6. The lowest BCUT2D eigenvalue weighted by atomic mass is 9.98. The van der Waals surface area contributed by atoms with E-state index in [0.29, 0.717) is 30.4 Å². The van der Waals surface area contributed by atoms with E-state index >= 15 is 0 Å². The molecule has 27 heavy (non-hydrogen) atoms. The van der Waals surface area contributed by atoms with E-state index in [1.165, 1.54) is 12.7 Å². The van der Waals surface area contributed by atoms with Crippen molar-refractivity contribution in [1.29, 1.82) is 0 Å². The first-order valence-corrected chi connectivity index (χ1v) is 9.03. The summed E-state index contributed by atoms with van der Waals surface area (Å²) in [7, 11) is 0. The molecule has 1 fully saturated rings. The van der Waals surface area contributed by atoms with Crippen LogP contribution in [0, 0.1) is 10.1 Å². The smallest absolute Gasteiger partial charge is 0.373 e. The number of nitro groups is 1. The number of nitrogens with zero attached hydrogens (tertiary/aromatic N) is 3. The topological polar surface area (TPSA) is 109 Å². The highest BCUT2D eigenvalue weighted by atomic mass is 16.6. The van der Waals surface area contributed by atoms with Gasteiger partial charge in [0, 0.05) is 11.8 Å². The number of nitrogens with one attached hydrogen (secondary N) is 1. The molecule has 2 aliphatic rings. The van der Waals surface area contributed by atoms with E-state index in [-0.39, 0.29) is 23.5 Å². The van der Waals surface area contributed by atoms with Crippen molar-refractivity contribution in [3.05, 3.63) is 34.6 Å². The van der Waals surface area contributed by atoms with Crippen LogP contribution >= 0.6 is 0 Å². The minimum absolute atomic E-state index is 0.00180. The third kappa shape index (κ3) is 3.86. The molecule has 9 nitrogen and oxygen atoms in total. The molecule has 1 saturated carbocycles. The molecule has 0 unspecified atom stereocenters. The van der Waals surface area contributed by atoms with Gasteiger partial charge in [-0.05, 0) is 37.8 Å². The second-order valence-electron chi connectivity index (χ2n) is 6.49. The Balaban J connectivity index is 1.60. The number of fused-ring (bicyclic) bond motifs is 1. The molecule has 1 aliphatic heterocycles. The average molecular weight is 372 g/mol. The molecule has 0 amide bonds. The van der Waals surface area contributed by atoms with Crippen molar-refractivity contribution in [2.75, 3.05) is 18.5 Å². The van der Waals surface area contributed by atoms with Gasteiger partial charge in [-0.15, -0.1) is 0 Å². The minimum Gasteiger partial charge on any atom is -0.486 e. The van der Waals surface area contributed by atoms with Gasteiger partial charge in [0.25, 0.3) is 5.88 Å². The number of benzene rings is 1. The Morgan fingerprint density at radius 2 is 1.89 bits per heavy atom. The minimum atomic E-state index is -0.515. The van der Waals surface area contributed by atoms with Crippen molar-refractivity contribution in [2.45, 2.75) is 38.2 Å². The van der Waals surface area contributed by atoms with Crippen LogP contribution in [0.4, 0.5) is 17.2 Å². The predicted molar refractivity (Wildman–Crippen MR) is 96.9 cm³/mol. The first-order valence-electron chi connectivity index (χ1n) is 9.03. The van der Waals surface area contributed by atoms with Crippen LogP contribution in [0.3, 0.4) is 0 Å². The SMILES string of the molecule is O=[N+]([O-])c1c(Nc2ccc3c(c2)OCCO3)ncnc1OC1CCCCC1. The highest BCUT2D eigenvalue weighted by Crippen LogP contribution is 2.37. The summed E-state index contributed by atoms with van der Waals surface area (Å²) in [6.07, 6.45) is 6.28. The summed E-state index contributed by atoms with van der Waals surface area (Å²) in [6, 6.07) is 5.23. The molecular formula is C18H20N4O5. The van der Waals surface area contributed by atoms with Crippen molar-refractivity contribution in [3.8, 4) is 17.4 Å². The first-order chi connectivity index (χ1) is 13.2. The maximum atomic E-state index is 11.7. The van der Waals surface area contributed by atoms with Gasteiger partial charge in [0.2, 0.25) is 5.82 Å². The van der Waals surface area contributed by atoms with Gasteiger partial charge >= 0.3 is 5.69 Å². The van der Waals surface area contributed by atoms with Gasteiger partial charge in [-0.25, -0.2) is 4.98 Å². The monoisotopic (exact) mass is 372 g/mol. The lowest BCUT2D eigenvalue weighted by Crippen LogP contribution is -2.21. The van der Waals surface area contributed by atoms with E-state index in [1.54, 1.807) is 18.2 Å². The van der Waals surface area contributed by atoms with Gasteiger partial charge in [0.1, 0.15) is 25.6 Å². The van der Waals surface area contributed by atoms with E-state index in [4.69, 9.17) is 14.2 Å². The fourth-order valence-corrected chi connectivity index (χ4v) is 3.30. The maximum absolute atomic E-state index is 11.7. The number of ether oxygens (including phenoxy) is 3. The summed E-state index contributed by atoms with van der Waals surface area (Å²) >= 11 is 0. The molecule has 1 aliphatic carbocycles. The van der Waals surface area contributed by atoms with Crippen molar-refractivity contribution in [1.82, 2.24) is 9.97 Å². The summed E-state index contributed by atoms with van der Waals surface area (Å²) < 4.78 is 16.9. The molecule has 142 valence electrons. The van der Waals surface area contributed by atoms with Crippen LogP contribution in [0.25, 0.3) is 0 Å². The lowest BCUT2D eigenvalue weighted by molar-refractivity contribution is -0.385. The average Bonchev–Trinajstić information content (AvgIpc) is 2.68. The van der Waals surface area contributed by atoms with Crippen molar-refractivity contribution >= 4 is 17.2 Å². The molecule has 0 radical (unpaired) electrons. The van der Waals surface area contributed by atoms with E-state index in [9.17, 15) is 10.1 Å². The Bertz CT molecular complexity index is 838. The second kappa shape index (κ2) is 7.65. The van der Waals surface area contributed by atoms with Crippen molar-refractivity contribution < 1.29 is 19.1 Å². The van der Waals surface area contributed by atoms with Gasteiger partial charge in [-0.1, -0.05) is 6.42 Å². The maximum Gasteiger partial charge on any atom is 0.373 e. The summed E-state index contributed by atoms with van der Waals surface area (Å²) in [5.74, 6) is 1.31. The van der Waals surface area contributed by atoms with Crippen LogP contribution in [0.2, 0.25) is 0 Å². The fourth-order valence-electron chi connectivity index (χ4n) is 3.30. The van der Waals surface area contributed by atoms with E-state index < -0.39 is 4.92 Å². The Morgan fingerprint density at radius 1 is 1.11 bits per heavy atom. The highest BCUT2D eigenvalue weighted by molar-refractivity contribution is 5.70. The van der Waals surface area contributed by atoms with Crippen LogP contribution < -0.4 is 19.5 Å². The molecule has 0 atom stereocenters. The van der Waals surface area contributed by atoms with Gasteiger partial charge in [0.05, 0.1) is 4.92 Å². The Morgan fingerprint density at radius 3 is 2.67 bits per heavy atom. The normalized spacial score (nSPS) is 16.6.